The molecule has 0 aliphatic heterocycles. The number of aliphatic carboxylic acids is 1. The van der Waals surface area contributed by atoms with Crippen LogP contribution >= 0.6 is 0 Å². The van der Waals surface area contributed by atoms with Crippen LogP contribution in [-0.4, -0.2) is 61.1 Å². The third-order valence-corrected chi connectivity index (χ3v) is 6.54. The van der Waals surface area contributed by atoms with Gasteiger partial charge in [-0.3, -0.25) is 9.59 Å². The molecule has 1 aromatic heterocycles. The first-order chi connectivity index (χ1) is 18.4. The predicted molar refractivity (Wildman–Crippen MR) is 142 cm³/mol. The third-order valence-electron chi connectivity index (χ3n) is 6.54. The molecule has 0 saturated carbocycles. The third kappa shape index (κ3) is 7.70. The lowest BCUT2D eigenvalue weighted by atomic mass is 9.95. The van der Waals surface area contributed by atoms with Crippen molar-refractivity contribution < 1.29 is 33.7 Å². The fourth-order valence-corrected chi connectivity index (χ4v) is 4.55. The van der Waals surface area contributed by atoms with E-state index < -0.39 is 30.4 Å². The summed E-state index contributed by atoms with van der Waals surface area (Å²) >= 11 is 0. The summed E-state index contributed by atoms with van der Waals surface area (Å²) in [6.07, 6.45) is -2.34. The average molecular weight is 544 g/mol. The van der Waals surface area contributed by atoms with Crippen LogP contribution in [0.1, 0.15) is 71.9 Å². The summed E-state index contributed by atoms with van der Waals surface area (Å²) in [6, 6.07) is 10.5. The molecule has 210 valence electrons. The summed E-state index contributed by atoms with van der Waals surface area (Å²) in [5, 5.41) is 33.9. The second kappa shape index (κ2) is 12.9. The highest BCUT2D eigenvalue weighted by atomic mass is 19.1. The Bertz CT molecular complexity index is 1310. The Hall–Kier alpha value is -3.63. The van der Waals surface area contributed by atoms with Crippen molar-refractivity contribution in [2.75, 3.05) is 7.05 Å². The lowest BCUT2D eigenvalue weighted by Crippen LogP contribution is -2.28. The molecule has 3 rings (SSSR count). The summed E-state index contributed by atoms with van der Waals surface area (Å²) in [4.78, 5) is 25.9. The first-order valence-corrected chi connectivity index (χ1v) is 12.8. The number of nitrogens with zero attached hydrogens (tertiary/aromatic N) is 3. The monoisotopic (exact) mass is 543 g/mol. The lowest BCUT2D eigenvalue weighted by Gasteiger charge is -2.19. The number of aromatic nitrogens is 2. The molecule has 2 atom stereocenters. The lowest BCUT2D eigenvalue weighted by molar-refractivity contribution is -0.139. The van der Waals surface area contributed by atoms with Gasteiger partial charge in [-0.1, -0.05) is 26.0 Å². The molecule has 2 aromatic carbocycles. The van der Waals surface area contributed by atoms with Crippen molar-refractivity contribution in [3.8, 4) is 5.69 Å². The van der Waals surface area contributed by atoms with Crippen molar-refractivity contribution in [1.82, 2.24) is 14.7 Å². The maximum absolute atomic E-state index is 14.1. The van der Waals surface area contributed by atoms with E-state index in [1.807, 2.05) is 13.8 Å². The molecule has 0 unspecified atom stereocenters. The minimum absolute atomic E-state index is 0.115. The van der Waals surface area contributed by atoms with Crippen LogP contribution in [0, 0.1) is 18.6 Å². The van der Waals surface area contributed by atoms with Crippen LogP contribution in [0.25, 0.3) is 5.69 Å². The Morgan fingerprint density at radius 2 is 1.72 bits per heavy atom. The van der Waals surface area contributed by atoms with Gasteiger partial charge in [-0.15, -0.1) is 0 Å². The average Bonchev–Trinajstić information content (AvgIpc) is 3.24. The standard InChI is InChI=1S/C29H35F2N3O5/c1-17(2)27-25(12-11-22(35)14-23(36)15-26(37)38)34(21-9-7-20(30)8-10-21)32-28(27)29(39)33(4)16-19-6-5-18(3)24(31)13-19/h5-10,13,17,22-23,35-36H,11-12,14-16H2,1-4H3,(H,37,38)/t22-,23-/m1/s1. The Morgan fingerprint density at radius 3 is 2.31 bits per heavy atom. The molecule has 1 amide bonds. The van der Waals surface area contributed by atoms with Crippen molar-refractivity contribution in [2.24, 2.45) is 0 Å². The van der Waals surface area contributed by atoms with E-state index in [-0.39, 0.29) is 49.1 Å². The largest absolute Gasteiger partial charge is 0.481 e. The number of amides is 1. The highest BCUT2D eigenvalue weighted by Crippen LogP contribution is 2.29. The molecule has 0 aliphatic carbocycles. The van der Waals surface area contributed by atoms with Gasteiger partial charge in [0.2, 0.25) is 0 Å². The molecule has 0 spiro atoms. The summed E-state index contributed by atoms with van der Waals surface area (Å²) in [7, 11) is 1.61. The van der Waals surface area contributed by atoms with Crippen molar-refractivity contribution in [1.29, 1.82) is 0 Å². The molecule has 0 radical (unpaired) electrons. The molecular formula is C29H35F2N3O5. The van der Waals surface area contributed by atoms with Gasteiger partial charge in [0.1, 0.15) is 11.6 Å². The molecule has 3 aromatic rings. The Labute approximate surface area is 226 Å². The molecule has 0 aliphatic rings. The quantitative estimate of drug-likeness (QED) is 0.312. The zero-order chi connectivity index (χ0) is 28.9. The van der Waals surface area contributed by atoms with E-state index in [4.69, 9.17) is 5.11 Å². The minimum atomic E-state index is -1.19. The van der Waals surface area contributed by atoms with Gasteiger partial charge in [-0.05, 0) is 73.6 Å². The number of aryl methyl sites for hydroxylation is 1. The van der Waals surface area contributed by atoms with E-state index in [0.29, 0.717) is 28.1 Å². The first kappa shape index (κ1) is 29.9. The summed E-state index contributed by atoms with van der Waals surface area (Å²) in [5.41, 5.74) is 3.15. The van der Waals surface area contributed by atoms with E-state index in [2.05, 4.69) is 5.10 Å². The molecule has 0 bridgehead atoms. The number of carbonyl (C=O) groups is 2. The van der Waals surface area contributed by atoms with Crippen molar-refractivity contribution in [3.05, 3.63) is 82.2 Å². The van der Waals surface area contributed by atoms with Crippen LogP contribution in [-0.2, 0) is 17.8 Å². The second-order valence-electron chi connectivity index (χ2n) is 10.2. The maximum Gasteiger partial charge on any atom is 0.305 e. The Balaban J connectivity index is 1.96. The van der Waals surface area contributed by atoms with Crippen LogP contribution in [0.2, 0.25) is 0 Å². The van der Waals surface area contributed by atoms with Crippen LogP contribution < -0.4 is 0 Å². The number of aliphatic hydroxyl groups is 2. The molecule has 39 heavy (non-hydrogen) atoms. The number of hydrogen-bond donors (Lipinski definition) is 3. The Morgan fingerprint density at radius 1 is 1.05 bits per heavy atom. The zero-order valence-corrected chi connectivity index (χ0v) is 22.6. The van der Waals surface area contributed by atoms with Gasteiger partial charge >= 0.3 is 5.97 Å². The van der Waals surface area contributed by atoms with Crippen molar-refractivity contribution in [2.45, 2.75) is 71.1 Å². The van der Waals surface area contributed by atoms with Gasteiger partial charge in [-0.25, -0.2) is 13.5 Å². The molecule has 0 fully saturated rings. The summed E-state index contributed by atoms with van der Waals surface area (Å²) < 4.78 is 29.3. The molecule has 0 saturated heterocycles. The van der Waals surface area contributed by atoms with Crippen LogP contribution in [0.3, 0.4) is 0 Å². The number of carboxylic acid groups (broad SMARTS) is 1. The minimum Gasteiger partial charge on any atom is -0.481 e. The fraction of sp³-hybridized carbons (Fsp3) is 0.414. The highest BCUT2D eigenvalue weighted by Gasteiger charge is 2.28. The number of carbonyl (C=O) groups excluding carboxylic acids is 1. The van der Waals surface area contributed by atoms with Gasteiger partial charge in [0.05, 0.1) is 24.3 Å². The van der Waals surface area contributed by atoms with Crippen LogP contribution in [0.15, 0.2) is 42.5 Å². The fourth-order valence-electron chi connectivity index (χ4n) is 4.55. The number of rotatable bonds is 12. The van der Waals surface area contributed by atoms with E-state index in [0.717, 1.165) is 0 Å². The van der Waals surface area contributed by atoms with Crippen molar-refractivity contribution >= 4 is 11.9 Å². The first-order valence-electron chi connectivity index (χ1n) is 12.8. The Kier molecular flexibility index (Phi) is 9.93. The van der Waals surface area contributed by atoms with Crippen LogP contribution in [0.4, 0.5) is 8.78 Å². The SMILES string of the molecule is Cc1ccc(CN(C)C(=O)c2nn(-c3ccc(F)cc3)c(CC[C@@H](O)C[C@@H](O)CC(=O)O)c2C(C)C)cc1F. The number of benzene rings is 2. The number of halogens is 2. The molecule has 8 nitrogen and oxygen atoms in total. The van der Waals surface area contributed by atoms with E-state index in [9.17, 15) is 28.6 Å². The van der Waals surface area contributed by atoms with Crippen LogP contribution in [0.5, 0.6) is 0 Å². The summed E-state index contributed by atoms with van der Waals surface area (Å²) in [6.45, 7) is 5.65. The van der Waals surface area contributed by atoms with Gasteiger partial charge in [-0.2, -0.15) is 5.10 Å². The van der Waals surface area contributed by atoms with Crippen molar-refractivity contribution in [3.63, 3.8) is 0 Å². The highest BCUT2D eigenvalue weighted by molar-refractivity contribution is 5.94. The van der Waals surface area contributed by atoms with Gasteiger partial charge < -0.3 is 20.2 Å². The van der Waals surface area contributed by atoms with Gasteiger partial charge in [0, 0.05) is 24.8 Å². The molecular weight excluding hydrogens is 508 g/mol. The zero-order valence-electron chi connectivity index (χ0n) is 22.6. The second-order valence-corrected chi connectivity index (χ2v) is 10.2. The smallest absolute Gasteiger partial charge is 0.305 e. The normalized spacial score (nSPS) is 12.9. The number of carboxylic acids is 1. The van der Waals surface area contributed by atoms with E-state index in [1.54, 1.807) is 30.8 Å². The molecule has 10 heteroatoms. The van der Waals surface area contributed by atoms with Gasteiger partial charge in [0.25, 0.3) is 5.91 Å². The molecule has 1 heterocycles. The van der Waals surface area contributed by atoms with Gasteiger partial charge in [0.15, 0.2) is 5.69 Å². The topological polar surface area (TPSA) is 116 Å². The maximum atomic E-state index is 14.1. The van der Waals surface area contributed by atoms with E-state index >= 15 is 0 Å². The molecule has 3 N–H and O–H groups in total. The number of aliphatic hydroxyl groups excluding tert-OH is 2. The van der Waals surface area contributed by atoms with E-state index in [1.165, 1.54) is 35.2 Å². The number of hydrogen-bond acceptors (Lipinski definition) is 5. The summed E-state index contributed by atoms with van der Waals surface area (Å²) in [5.74, 6) is -2.47. The predicted octanol–water partition coefficient (Wildman–Crippen LogP) is 4.37.